The van der Waals surface area contributed by atoms with Gasteiger partial charge >= 0.3 is 46.2 Å². The van der Waals surface area contributed by atoms with Crippen LogP contribution < -0.4 is 0 Å². The summed E-state index contributed by atoms with van der Waals surface area (Å²) in [6, 6.07) is 0. The van der Waals surface area contributed by atoms with Crippen LogP contribution in [-0.4, -0.2) is 30.9 Å². The summed E-state index contributed by atoms with van der Waals surface area (Å²) >= 11 is -1.16. The van der Waals surface area contributed by atoms with Crippen molar-refractivity contribution in [1.82, 2.24) is 0 Å². The first-order chi connectivity index (χ1) is 2.71. The predicted molar refractivity (Wildman–Crippen MR) is 16.8 cm³/mol. The molecular weight excluding hydrogens is 218 g/mol. The van der Waals surface area contributed by atoms with E-state index in [0.717, 1.165) is 0 Å². The molecule has 1 aliphatic rings. The van der Waals surface area contributed by atoms with Crippen LogP contribution in [0.5, 0.6) is 0 Å². The normalized spacial score (nSPS) is 28.7. The van der Waals surface area contributed by atoms with Crippen molar-refractivity contribution in [1.29, 1.82) is 0 Å². The predicted octanol–water partition coefficient (Wildman–Crippen LogP) is -1.19. The molecule has 0 N–H and O–H groups in total. The Labute approximate surface area is 46.4 Å². The fourth-order valence-electron chi connectivity index (χ4n) is 0.0801. The molecule has 0 aliphatic carbocycles. The van der Waals surface area contributed by atoms with Gasteiger partial charge in [-0.25, -0.2) is 0 Å². The molecule has 1 rings (SSSR count). The quantitative estimate of drug-likeness (QED) is 0.479. The van der Waals surface area contributed by atoms with E-state index < -0.39 is 32.9 Å². The van der Waals surface area contributed by atoms with E-state index >= 15 is 0 Å². The van der Waals surface area contributed by atoms with E-state index in [-0.39, 0.29) is 0 Å². The van der Waals surface area contributed by atoms with E-state index in [2.05, 4.69) is 4.92 Å². The molecule has 4 nitrogen and oxygen atoms in total. The fourth-order valence-corrected chi connectivity index (χ4v) is 1.61. The Kier molecular flexibility index (Phi) is 1.07. The van der Waals surface area contributed by atoms with Gasteiger partial charge in [-0.15, -0.1) is 0 Å². The Balaban J connectivity index is 2.78. The van der Waals surface area contributed by atoms with Gasteiger partial charge in [-0.2, -0.15) is 0 Å². The molecule has 0 aromatic heterocycles. The van der Waals surface area contributed by atoms with Crippen molar-refractivity contribution in [3.63, 3.8) is 0 Å². The Morgan fingerprint density at radius 2 is 1.67 bits per heavy atom. The van der Waals surface area contributed by atoms with Gasteiger partial charge in [0.15, 0.2) is 0 Å². The Hall–Kier alpha value is 0.688. The molecule has 0 atom stereocenters. The molecule has 0 aromatic rings. The zero-order chi connectivity index (χ0) is 4.62. The van der Waals surface area contributed by atoms with E-state index in [9.17, 15) is 8.42 Å². The van der Waals surface area contributed by atoms with Gasteiger partial charge in [-0.05, 0) is 0 Å². The summed E-state index contributed by atoms with van der Waals surface area (Å²) in [7, 11) is -3.41. The van der Waals surface area contributed by atoms with Crippen LogP contribution in [0.15, 0.2) is 0 Å². The topological polar surface area (TPSA) is 52.6 Å². The fraction of sp³-hybridized carbons (Fsp3) is 0. The maximum atomic E-state index is 9.68. The molecule has 6 heavy (non-hydrogen) atoms. The first-order valence-corrected chi connectivity index (χ1v) is 4.45. The third-order valence-corrected chi connectivity index (χ3v) is 4.90. The average Bonchev–Trinajstić information content (AvgIpc) is 1.32. The second kappa shape index (κ2) is 1.33. The van der Waals surface area contributed by atoms with Gasteiger partial charge < -0.3 is 0 Å². The minimum atomic E-state index is -3.41. The summed E-state index contributed by atoms with van der Waals surface area (Å²) in [5, 5.41) is 0. The first-order valence-electron chi connectivity index (χ1n) is 1.03. The molecule has 0 aromatic carbocycles. The number of rotatable bonds is 0. The van der Waals surface area contributed by atoms with Gasteiger partial charge in [-0.1, -0.05) is 0 Å². The van der Waals surface area contributed by atoms with Crippen molar-refractivity contribution in [2.24, 2.45) is 0 Å². The molecule has 0 spiro atoms. The van der Waals surface area contributed by atoms with E-state index in [1.165, 1.54) is 0 Å². The maximum absolute atomic E-state index is 9.68. The van der Waals surface area contributed by atoms with Gasteiger partial charge in [0.2, 0.25) is 0 Å². The summed E-state index contributed by atoms with van der Waals surface area (Å²) < 4.78 is 27.4. The van der Waals surface area contributed by atoms with Gasteiger partial charge in [0.05, 0.1) is 0 Å². The van der Waals surface area contributed by atoms with Crippen LogP contribution in [0.3, 0.4) is 0 Å². The second-order valence-electron chi connectivity index (χ2n) is 0.632. The van der Waals surface area contributed by atoms with Crippen molar-refractivity contribution in [2.45, 2.75) is 0 Å². The van der Waals surface area contributed by atoms with Crippen LogP contribution >= 0.6 is 0 Å². The van der Waals surface area contributed by atoms with Crippen LogP contribution in [0.25, 0.3) is 0 Å². The van der Waals surface area contributed by atoms with Gasteiger partial charge in [-0.3, -0.25) is 0 Å². The number of hydrogen-bond acceptors (Lipinski definition) is 4. The summed E-state index contributed by atoms with van der Waals surface area (Å²) in [6.07, 6.45) is 0. The van der Waals surface area contributed by atoms with Crippen molar-refractivity contribution in [2.75, 3.05) is 0 Å². The summed E-state index contributed by atoms with van der Waals surface area (Å²) in [5.74, 6) is 0. The zero-order valence-corrected chi connectivity index (χ0v) is 5.86. The SMILES string of the molecule is O=S1(=O)[O][Sb][O]1. The summed E-state index contributed by atoms with van der Waals surface area (Å²) in [6.45, 7) is 0. The molecule has 1 aliphatic heterocycles. The molecule has 0 unspecified atom stereocenters. The number of hydrogen-bond donors (Lipinski definition) is 0. The third-order valence-electron chi connectivity index (χ3n) is 0.243. The van der Waals surface area contributed by atoms with E-state index in [1.54, 1.807) is 0 Å². The molecule has 6 heteroatoms. The molecule has 0 amide bonds. The molecule has 0 bridgehead atoms. The molecule has 35 valence electrons. The van der Waals surface area contributed by atoms with Crippen LogP contribution in [0.4, 0.5) is 0 Å². The molecule has 0 saturated carbocycles. The van der Waals surface area contributed by atoms with Crippen molar-refractivity contribution >= 4 is 32.9 Å². The van der Waals surface area contributed by atoms with E-state index in [1.807, 2.05) is 0 Å². The van der Waals surface area contributed by atoms with Crippen molar-refractivity contribution in [3.8, 4) is 0 Å². The molecule has 1 radical (unpaired) electrons. The minimum absolute atomic E-state index is 1.16. The summed E-state index contributed by atoms with van der Waals surface area (Å²) in [5.41, 5.74) is 0. The van der Waals surface area contributed by atoms with Crippen LogP contribution in [-0.2, 0) is 15.3 Å². The van der Waals surface area contributed by atoms with Crippen LogP contribution in [0.2, 0.25) is 0 Å². The zero-order valence-electron chi connectivity index (χ0n) is 2.49. The second-order valence-corrected chi connectivity index (χ2v) is 4.72. The van der Waals surface area contributed by atoms with E-state index in [0.29, 0.717) is 0 Å². The molecule has 1 saturated heterocycles. The Morgan fingerprint density at radius 1 is 1.33 bits per heavy atom. The molecular formula is O4SSb. The summed E-state index contributed by atoms with van der Waals surface area (Å²) in [4.78, 5) is 0. The Bertz CT molecular complexity index is 122. The average molecular weight is 218 g/mol. The first kappa shape index (κ1) is 4.84. The standard InChI is InChI=1S/H2O4S.Sb/c1-5(2,3)4;/h(H2,1,2,3,4);/q;+2/p-2. The van der Waals surface area contributed by atoms with Crippen LogP contribution in [0, 0.1) is 0 Å². The molecule has 1 fully saturated rings. The van der Waals surface area contributed by atoms with Crippen molar-refractivity contribution in [3.05, 3.63) is 0 Å². The van der Waals surface area contributed by atoms with Gasteiger partial charge in [0.1, 0.15) is 0 Å². The monoisotopic (exact) mass is 217 g/mol. The molecule has 1 heterocycles. The van der Waals surface area contributed by atoms with Crippen molar-refractivity contribution < 1.29 is 13.3 Å². The van der Waals surface area contributed by atoms with E-state index in [4.69, 9.17) is 0 Å². The third kappa shape index (κ3) is 0.845. The van der Waals surface area contributed by atoms with Gasteiger partial charge in [0.25, 0.3) is 0 Å². The van der Waals surface area contributed by atoms with Crippen LogP contribution in [0.1, 0.15) is 0 Å². The van der Waals surface area contributed by atoms with Gasteiger partial charge in [0, 0.05) is 0 Å². The Morgan fingerprint density at radius 3 is 1.67 bits per heavy atom.